The lowest BCUT2D eigenvalue weighted by atomic mass is 10.1. The molecule has 0 aliphatic carbocycles. The van der Waals surface area contributed by atoms with Crippen LogP contribution in [0.15, 0.2) is 55.0 Å². The Bertz CT molecular complexity index is 932. The summed E-state index contributed by atoms with van der Waals surface area (Å²) in [7, 11) is 0. The second kappa shape index (κ2) is 6.75. The van der Waals surface area contributed by atoms with Gasteiger partial charge in [0.05, 0.1) is 6.04 Å². The third kappa shape index (κ3) is 3.01. The molecule has 0 saturated carbocycles. The summed E-state index contributed by atoms with van der Waals surface area (Å²) in [4.78, 5) is 23.5. The largest absolute Gasteiger partial charge is 0.336 e. The fraction of sp³-hybridized carbons (Fsp3) is 0.286. The number of hydrogen-bond donors (Lipinski definition) is 0. The van der Waals surface area contributed by atoms with Crippen molar-refractivity contribution >= 4 is 5.91 Å². The summed E-state index contributed by atoms with van der Waals surface area (Å²) >= 11 is 0. The summed E-state index contributed by atoms with van der Waals surface area (Å²) < 4.78 is 2.26. The highest BCUT2D eigenvalue weighted by molar-refractivity contribution is 5.94. The third-order valence-corrected chi connectivity index (χ3v) is 5.00. The number of aryl methyl sites for hydroxylation is 2. The van der Waals surface area contributed by atoms with Crippen LogP contribution in [-0.4, -0.2) is 38.4 Å². The van der Waals surface area contributed by atoms with Crippen LogP contribution in [0.25, 0.3) is 11.4 Å². The zero-order valence-corrected chi connectivity index (χ0v) is 15.1. The normalized spacial score (nSPS) is 16.8. The van der Waals surface area contributed by atoms with Crippen LogP contribution in [0, 0.1) is 13.8 Å². The standard InChI is InChI=1S/C21H22N4O/c1-15-4-3-5-18(12-15)21(26)24-11-8-19(14-24)25-16(2)13-23-20(25)17-6-9-22-10-7-17/h3-7,9-10,12-13,19H,8,11,14H2,1-2H3. The van der Waals surface area contributed by atoms with Crippen LogP contribution in [0.3, 0.4) is 0 Å². The molecule has 0 spiro atoms. The number of hydrogen-bond acceptors (Lipinski definition) is 3. The molecule has 132 valence electrons. The maximum atomic E-state index is 12.8. The molecule has 1 aliphatic rings. The second-order valence-corrected chi connectivity index (χ2v) is 6.89. The van der Waals surface area contributed by atoms with E-state index < -0.39 is 0 Å². The molecule has 0 radical (unpaired) electrons. The summed E-state index contributed by atoms with van der Waals surface area (Å²) in [5, 5.41) is 0. The zero-order chi connectivity index (χ0) is 18.1. The van der Waals surface area contributed by atoms with Gasteiger partial charge < -0.3 is 9.47 Å². The number of likely N-dealkylation sites (tertiary alicyclic amines) is 1. The van der Waals surface area contributed by atoms with E-state index in [0.29, 0.717) is 6.54 Å². The van der Waals surface area contributed by atoms with Crippen molar-refractivity contribution < 1.29 is 4.79 Å². The lowest BCUT2D eigenvalue weighted by molar-refractivity contribution is 0.0787. The predicted molar refractivity (Wildman–Crippen MR) is 101 cm³/mol. The molecule has 1 atom stereocenters. The molecule has 0 bridgehead atoms. The highest BCUT2D eigenvalue weighted by Crippen LogP contribution is 2.30. The van der Waals surface area contributed by atoms with Crippen LogP contribution in [0.5, 0.6) is 0 Å². The molecule has 26 heavy (non-hydrogen) atoms. The smallest absolute Gasteiger partial charge is 0.253 e. The SMILES string of the molecule is Cc1cccc(C(=O)N2CCC(n3c(C)cnc3-c3ccncc3)C2)c1. The third-order valence-electron chi connectivity index (χ3n) is 5.00. The van der Waals surface area contributed by atoms with E-state index in [-0.39, 0.29) is 11.9 Å². The fourth-order valence-corrected chi connectivity index (χ4v) is 3.72. The van der Waals surface area contributed by atoms with Crippen LogP contribution in [0.4, 0.5) is 0 Å². The number of nitrogens with zero attached hydrogens (tertiary/aromatic N) is 4. The summed E-state index contributed by atoms with van der Waals surface area (Å²) in [6, 6.07) is 12.0. The van der Waals surface area contributed by atoms with E-state index in [1.54, 1.807) is 12.4 Å². The van der Waals surface area contributed by atoms with E-state index in [1.807, 2.05) is 54.4 Å². The van der Waals surface area contributed by atoms with Gasteiger partial charge in [0.1, 0.15) is 5.82 Å². The molecule has 1 fully saturated rings. The minimum absolute atomic E-state index is 0.111. The number of benzene rings is 1. The van der Waals surface area contributed by atoms with Crippen LogP contribution in [0.1, 0.15) is 34.1 Å². The van der Waals surface area contributed by atoms with Gasteiger partial charge in [-0.05, 0) is 44.5 Å². The van der Waals surface area contributed by atoms with Gasteiger partial charge in [-0.2, -0.15) is 0 Å². The fourth-order valence-electron chi connectivity index (χ4n) is 3.72. The lowest BCUT2D eigenvalue weighted by Crippen LogP contribution is -2.29. The van der Waals surface area contributed by atoms with Crippen molar-refractivity contribution in [2.24, 2.45) is 0 Å². The Morgan fingerprint density at radius 2 is 1.96 bits per heavy atom. The van der Waals surface area contributed by atoms with Gasteiger partial charge in [0.15, 0.2) is 0 Å². The average Bonchev–Trinajstić information content (AvgIpc) is 3.28. The molecule has 5 heteroatoms. The van der Waals surface area contributed by atoms with E-state index >= 15 is 0 Å². The molecule has 1 aromatic carbocycles. The Hall–Kier alpha value is -2.95. The number of imidazole rings is 1. The minimum atomic E-state index is 0.111. The van der Waals surface area contributed by atoms with Gasteiger partial charge in [-0.15, -0.1) is 0 Å². The van der Waals surface area contributed by atoms with E-state index in [9.17, 15) is 4.79 Å². The summed E-state index contributed by atoms with van der Waals surface area (Å²) in [5.74, 6) is 1.05. The molecule has 2 aromatic heterocycles. The van der Waals surface area contributed by atoms with Crippen LogP contribution in [-0.2, 0) is 0 Å². The molecule has 3 heterocycles. The molecule has 1 amide bonds. The molecular weight excluding hydrogens is 324 g/mol. The number of pyridine rings is 1. The van der Waals surface area contributed by atoms with Crippen LogP contribution < -0.4 is 0 Å². The first-order valence-electron chi connectivity index (χ1n) is 8.93. The topological polar surface area (TPSA) is 51.0 Å². The van der Waals surface area contributed by atoms with E-state index in [1.165, 1.54) is 0 Å². The first-order chi connectivity index (χ1) is 12.6. The van der Waals surface area contributed by atoms with Crippen molar-refractivity contribution in [2.75, 3.05) is 13.1 Å². The maximum Gasteiger partial charge on any atom is 0.253 e. The molecular formula is C21H22N4O. The van der Waals surface area contributed by atoms with Gasteiger partial charge in [0.25, 0.3) is 5.91 Å². The minimum Gasteiger partial charge on any atom is -0.336 e. The zero-order valence-electron chi connectivity index (χ0n) is 15.1. The number of carbonyl (C=O) groups excluding carboxylic acids is 1. The van der Waals surface area contributed by atoms with Crippen LogP contribution in [0.2, 0.25) is 0 Å². The molecule has 5 nitrogen and oxygen atoms in total. The van der Waals surface area contributed by atoms with Crippen molar-refractivity contribution in [1.82, 2.24) is 19.4 Å². The Labute approximate surface area is 153 Å². The van der Waals surface area contributed by atoms with Gasteiger partial charge in [0.2, 0.25) is 0 Å². The number of rotatable bonds is 3. The summed E-state index contributed by atoms with van der Waals surface area (Å²) in [5.41, 5.74) is 4.04. The van der Waals surface area contributed by atoms with Crippen molar-refractivity contribution in [3.63, 3.8) is 0 Å². The van der Waals surface area contributed by atoms with Gasteiger partial charge in [-0.3, -0.25) is 9.78 Å². The monoisotopic (exact) mass is 346 g/mol. The predicted octanol–water partition coefficient (Wildman–Crippen LogP) is 3.65. The molecule has 1 unspecified atom stereocenters. The Balaban J connectivity index is 1.58. The van der Waals surface area contributed by atoms with Gasteiger partial charge in [-0.25, -0.2) is 4.98 Å². The molecule has 3 aromatic rings. The van der Waals surface area contributed by atoms with E-state index in [2.05, 4.69) is 21.5 Å². The van der Waals surface area contributed by atoms with E-state index in [0.717, 1.165) is 41.2 Å². The van der Waals surface area contributed by atoms with Crippen molar-refractivity contribution in [3.8, 4) is 11.4 Å². The molecule has 0 N–H and O–H groups in total. The summed E-state index contributed by atoms with van der Waals surface area (Å²) in [6.45, 7) is 5.56. The molecule has 1 aliphatic heterocycles. The van der Waals surface area contributed by atoms with Gasteiger partial charge >= 0.3 is 0 Å². The first-order valence-corrected chi connectivity index (χ1v) is 8.93. The second-order valence-electron chi connectivity index (χ2n) is 6.89. The highest BCUT2D eigenvalue weighted by Gasteiger charge is 2.30. The van der Waals surface area contributed by atoms with Crippen molar-refractivity contribution in [2.45, 2.75) is 26.3 Å². The van der Waals surface area contributed by atoms with Crippen molar-refractivity contribution in [1.29, 1.82) is 0 Å². The average molecular weight is 346 g/mol. The number of carbonyl (C=O) groups is 1. The van der Waals surface area contributed by atoms with Crippen LogP contribution >= 0.6 is 0 Å². The van der Waals surface area contributed by atoms with Gasteiger partial charge in [0, 0.05) is 48.5 Å². The molecule has 1 saturated heterocycles. The molecule has 4 rings (SSSR count). The number of amides is 1. The number of aromatic nitrogens is 3. The maximum absolute atomic E-state index is 12.8. The lowest BCUT2D eigenvalue weighted by Gasteiger charge is -2.20. The quantitative estimate of drug-likeness (QED) is 0.727. The van der Waals surface area contributed by atoms with Gasteiger partial charge in [-0.1, -0.05) is 17.7 Å². The summed E-state index contributed by atoms with van der Waals surface area (Å²) in [6.07, 6.45) is 6.41. The van der Waals surface area contributed by atoms with Crippen molar-refractivity contribution in [3.05, 3.63) is 71.8 Å². The van der Waals surface area contributed by atoms with E-state index in [4.69, 9.17) is 0 Å². The Morgan fingerprint density at radius 1 is 1.15 bits per heavy atom. The Morgan fingerprint density at radius 3 is 2.73 bits per heavy atom. The first kappa shape index (κ1) is 16.5. The highest BCUT2D eigenvalue weighted by atomic mass is 16.2. The Kier molecular flexibility index (Phi) is 4.29.